The molecule has 0 bridgehead atoms. The smallest absolute Gasteiger partial charge is 0.270 e. The average molecular weight is 594 g/mol. The number of aromatic nitrogens is 1. The van der Waals surface area contributed by atoms with Crippen LogP contribution in [0, 0.1) is 5.82 Å². The largest absolute Gasteiger partial charge is 0.486 e. The van der Waals surface area contributed by atoms with Crippen LogP contribution in [0.15, 0.2) is 53.6 Å². The molecule has 11 heteroatoms. The highest BCUT2D eigenvalue weighted by molar-refractivity contribution is 7.93. The number of pyridine rings is 1. The highest BCUT2D eigenvalue weighted by Crippen LogP contribution is 2.41. The molecule has 0 saturated carbocycles. The van der Waals surface area contributed by atoms with E-state index in [1.807, 2.05) is 0 Å². The zero-order valence-corrected chi connectivity index (χ0v) is 23.9. The Morgan fingerprint density at radius 3 is 2.69 bits per heavy atom. The van der Waals surface area contributed by atoms with E-state index in [1.165, 1.54) is 35.6 Å². The Morgan fingerprint density at radius 2 is 2.00 bits per heavy atom. The highest BCUT2D eigenvalue weighted by atomic mass is 35.5. The average Bonchev–Trinajstić information content (AvgIpc) is 2.88. The van der Waals surface area contributed by atoms with Gasteiger partial charge >= 0.3 is 0 Å². The summed E-state index contributed by atoms with van der Waals surface area (Å²) < 4.78 is 55.5. The van der Waals surface area contributed by atoms with Crippen LogP contribution in [0.1, 0.15) is 44.7 Å². The Hall–Kier alpha value is -3.14. The molecule has 0 amide bonds. The molecule has 0 radical (unpaired) electrons. The fourth-order valence-electron chi connectivity index (χ4n) is 4.31. The van der Waals surface area contributed by atoms with Gasteiger partial charge in [-0.3, -0.25) is 4.31 Å². The number of benzene rings is 2. The van der Waals surface area contributed by atoms with Gasteiger partial charge in [0.15, 0.2) is 4.90 Å². The van der Waals surface area contributed by atoms with Crippen molar-refractivity contribution in [1.82, 2.24) is 4.98 Å². The van der Waals surface area contributed by atoms with Crippen LogP contribution in [-0.2, 0) is 14.8 Å². The van der Waals surface area contributed by atoms with Gasteiger partial charge in [0, 0.05) is 18.2 Å². The van der Waals surface area contributed by atoms with Gasteiger partial charge in [0.05, 0.1) is 28.9 Å². The van der Waals surface area contributed by atoms with Crippen LogP contribution in [0.3, 0.4) is 0 Å². The number of carbonyl (C=O) groups is 1. The first-order valence-electron chi connectivity index (χ1n) is 12.2. The first-order chi connectivity index (χ1) is 18.5. The van der Waals surface area contributed by atoms with Crippen molar-refractivity contribution in [3.8, 4) is 11.6 Å². The third-order valence-electron chi connectivity index (χ3n) is 6.11. The quantitative estimate of drug-likeness (QED) is 0.254. The second-order valence-corrected chi connectivity index (χ2v) is 11.7. The van der Waals surface area contributed by atoms with Crippen LogP contribution < -0.4 is 13.8 Å². The first-order valence-corrected chi connectivity index (χ1v) is 14.4. The van der Waals surface area contributed by atoms with Gasteiger partial charge in [0.2, 0.25) is 5.88 Å². The van der Waals surface area contributed by atoms with Crippen molar-refractivity contribution in [2.75, 3.05) is 17.5 Å². The monoisotopic (exact) mass is 592 g/mol. The zero-order chi connectivity index (χ0) is 28.3. The maximum absolute atomic E-state index is 14.5. The number of halogens is 3. The Balaban J connectivity index is 1.82. The Labute approximate surface area is 237 Å². The molecule has 7 nitrogen and oxygen atoms in total. The molecule has 3 aromatic rings. The second-order valence-electron chi connectivity index (χ2n) is 9.06. The maximum atomic E-state index is 14.5. The van der Waals surface area contributed by atoms with E-state index < -0.39 is 21.9 Å². The van der Waals surface area contributed by atoms with Gasteiger partial charge in [-0.1, -0.05) is 41.4 Å². The molecule has 1 unspecified atom stereocenters. The fourth-order valence-corrected chi connectivity index (χ4v) is 6.46. The van der Waals surface area contributed by atoms with Gasteiger partial charge in [-0.25, -0.2) is 17.8 Å². The molecule has 0 spiro atoms. The SMILES string of the molecule is CCOc1ncc(Cl)cc1S(=O)(=O)N1CC(CCC(C)=O)Oc2ccc(C=C(C)c3c(F)cccc3Cl)cc21. The lowest BCUT2D eigenvalue weighted by Crippen LogP contribution is -2.43. The number of hydrogen-bond donors (Lipinski definition) is 0. The third kappa shape index (κ3) is 6.37. The normalized spacial score (nSPS) is 15.5. The molecule has 0 fully saturated rings. The summed E-state index contributed by atoms with van der Waals surface area (Å²) in [5.41, 5.74) is 1.69. The van der Waals surface area contributed by atoms with E-state index in [0.717, 1.165) is 0 Å². The lowest BCUT2D eigenvalue weighted by atomic mass is 10.0. The van der Waals surface area contributed by atoms with E-state index >= 15 is 0 Å². The first kappa shape index (κ1) is 28.9. The number of nitrogens with zero attached hydrogens (tertiary/aromatic N) is 2. The minimum Gasteiger partial charge on any atom is -0.486 e. The Kier molecular flexibility index (Phi) is 8.83. The highest BCUT2D eigenvalue weighted by Gasteiger charge is 2.37. The molecular formula is C28H27Cl2FN2O5S. The van der Waals surface area contributed by atoms with E-state index in [4.69, 9.17) is 32.7 Å². The Bertz CT molecular complexity index is 1520. The van der Waals surface area contributed by atoms with Gasteiger partial charge in [0.25, 0.3) is 10.0 Å². The lowest BCUT2D eigenvalue weighted by Gasteiger charge is -2.36. The number of Topliss-reactive ketones (excluding diaryl/α,β-unsaturated/α-hetero) is 1. The van der Waals surface area contributed by atoms with E-state index in [1.54, 1.807) is 44.2 Å². The molecule has 1 aromatic heterocycles. The molecule has 2 aromatic carbocycles. The van der Waals surface area contributed by atoms with Crippen molar-refractivity contribution in [3.05, 3.63) is 75.7 Å². The Morgan fingerprint density at radius 1 is 1.23 bits per heavy atom. The topological polar surface area (TPSA) is 85.8 Å². The number of ketones is 1. The molecule has 0 N–H and O–H groups in total. The van der Waals surface area contributed by atoms with Crippen LogP contribution in [0.25, 0.3) is 11.6 Å². The summed E-state index contributed by atoms with van der Waals surface area (Å²) in [6.07, 6.45) is 3.02. The van der Waals surface area contributed by atoms with Gasteiger partial charge in [-0.15, -0.1) is 0 Å². The molecule has 0 saturated heterocycles. The van der Waals surface area contributed by atoms with Gasteiger partial charge in [-0.05, 0) is 68.7 Å². The van der Waals surface area contributed by atoms with Crippen LogP contribution in [0.4, 0.5) is 10.1 Å². The van der Waals surface area contributed by atoms with Crippen LogP contribution in [-0.4, -0.2) is 38.4 Å². The summed E-state index contributed by atoms with van der Waals surface area (Å²) in [6.45, 7) is 5.06. The number of rotatable bonds is 9. The minimum atomic E-state index is -4.24. The number of anilines is 1. The van der Waals surface area contributed by atoms with Crippen LogP contribution in [0.2, 0.25) is 10.0 Å². The van der Waals surface area contributed by atoms with E-state index in [2.05, 4.69) is 4.98 Å². The summed E-state index contributed by atoms with van der Waals surface area (Å²) in [6, 6.07) is 10.8. The molecule has 206 valence electrons. The number of fused-ring (bicyclic) bond motifs is 1. The van der Waals surface area contributed by atoms with Crippen LogP contribution in [0.5, 0.6) is 11.6 Å². The summed E-state index contributed by atoms with van der Waals surface area (Å²) in [4.78, 5) is 15.5. The van der Waals surface area contributed by atoms with Crippen molar-refractivity contribution in [3.63, 3.8) is 0 Å². The number of hydrogen-bond acceptors (Lipinski definition) is 6. The van der Waals surface area contributed by atoms with Crippen molar-refractivity contribution < 1.29 is 27.1 Å². The predicted molar refractivity (Wildman–Crippen MR) is 151 cm³/mol. The second kappa shape index (κ2) is 11.9. The zero-order valence-electron chi connectivity index (χ0n) is 21.6. The number of ether oxygens (including phenoxy) is 2. The number of carbonyl (C=O) groups excluding carboxylic acids is 1. The molecule has 2 heterocycles. The molecule has 39 heavy (non-hydrogen) atoms. The molecule has 1 aliphatic rings. The van der Waals surface area contributed by atoms with E-state index in [9.17, 15) is 17.6 Å². The van der Waals surface area contributed by atoms with E-state index in [0.29, 0.717) is 23.3 Å². The molecule has 0 aliphatic carbocycles. The van der Waals surface area contributed by atoms with Crippen molar-refractivity contribution in [2.24, 2.45) is 0 Å². The van der Waals surface area contributed by atoms with Crippen molar-refractivity contribution >= 4 is 56.3 Å². The molecular weight excluding hydrogens is 566 g/mol. The van der Waals surface area contributed by atoms with E-state index in [-0.39, 0.29) is 57.4 Å². The minimum absolute atomic E-state index is 0.0285. The summed E-state index contributed by atoms with van der Waals surface area (Å²) in [5.74, 6) is -0.243. The standard InChI is InChI=1S/C28H27Cl2FN2O5S/c1-4-37-28-26(14-20(29)15-32-28)39(35,36)33-16-21(10-8-18(3)34)38-25-11-9-19(13-24(25)33)12-17(2)27-22(30)6-5-7-23(27)31/h5-7,9,11-15,21H,4,8,10,16H2,1-3H3. The summed E-state index contributed by atoms with van der Waals surface area (Å²) in [7, 11) is -4.24. The molecule has 1 aliphatic heterocycles. The number of allylic oxidation sites excluding steroid dienone is 1. The lowest BCUT2D eigenvalue weighted by molar-refractivity contribution is -0.117. The van der Waals surface area contributed by atoms with Gasteiger partial charge in [-0.2, -0.15) is 0 Å². The molecule has 4 rings (SSSR count). The van der Waals surface area contributed by atoms with Crippen molar-refractivity contribution in [2.45, 2.75) is 44.6 Å². The molecule has 1 atom stereocenters. The van der Waals surface area contributed by atoms with Crippen molar-refractivity contribution in [1.29, 1.82) is 0 Å². The summed E-state index contributed by atoms with van der Waals surface area (Å²) >= 11 is 12.4. The van der Waals surface area contributed by atoms with Gasteiger partial charge in [0.1, 0.15) is 23.5 Å². The summed E-state index contributed by atoms with van der Waals surface area (Å²) in [5, 5.41) is 0.396. The predicted octanol–water partition coefficient (Wildman–Crippen LogP) is 6.81. The number of sulfonamides is 1. The van der Waals surface area contributed by atoms with Gasteiger partial charge < -0.3 is 14.3 Å². The fraction of sp³-hybridized carbons (Fsp3) is 0.286. The maximum Gasteiger partial charge on any atom is 0.270 e. The third-order valence-corrected chi connectivity index (χ3v) is 8.40. The van der Waals surface area contributed by atoms with Crippen LogP contribution >= 0.6 is 23.2 Å².